The lowest BCUT2D eigenvalue weighted by Crippen LogP contribution is -2.28. The topological polar surface area (TPSA) is 94.5 Å². The van der Waals surface area contributed by atoms with Crippen LogP contribution in [0.3, 0.4) is 0 Å². The lowest BCUT2D eigenvalue weighted by molar-refractivity contribution is 0.251. The number of hydrogen-bond acceptors (Lipinski definition) is 5. The smallest absolute Gasteiger partial charge is 0.319 e. The van der Waals surface area contributed by atoms with E-state index in [1.807, 2.05) is 5.38 Å². The first-order valence-corrected chi connectivity index (χ1v) is 8.54. The Kier molecular flexibility index (Phi) is 5.06. The number of phenolic OH excluding ortho intramolecular Hbond substituents is 2. The van der Waals surface area contributed by atoms with E-state index in [0.29, 0.717) is 27.0 Å². The number of aromatic nitrogens is 1. The van der Waals surface area contributed by atoms with Crippen molar-refractivity contribution in [3.8, 4) is 22.8 Å². The van der Waals surface area contributed by atoms with Crippen LogP contribution in [0.5, 0.6) is 11.5 Å². The number of carbonyl (C=O) groups excluding carboxylic acids is 1. The fraction of sp³-hybridized carbons (Fsp3) is 0.0588. The van der Waals surface area contributed by atoms with Crippen molar-refractivity contribution in [1.82, 2.24) is 10.3 Å². The molecular weight excluding hydrogens is 362 g/mol. The molecule has 25 heavy (non-hydrogen) atoms. The molecule has 3 aromatic rings. The number of amides is 2. The van der Waals surface area contributed by atoms with Gasteiger partial charge in [0.1, 0.15) is 5.01 Å². The number of urea groups is 1. The maximum atomic E-state index is 11.9. The summed E-state index contributed by atoms with van der Waals surface area (Å²) >= 11 is 7.26. The second kappa shape index (κ2) is 7.42. The van der Waals surface area contributed by atoms with Crippen LogP contribution >= 0.6 is 22.9 Å². The van der Waals surface area contributed by atoms with Gasteiger partial charge in [-0.25, -0.2) is 9.78 Å². The third-order valence-corrected chi connectivity index (χ3v) is 4.39. The summed E-state index contributed by atoms with van der Waals surface area (Å²) in [6.07, 6.45) is 0. The quantitative estimate of drug-likeness (QED) is 0.514. The van der Waals surface area contributed by atoms with Crippen molar-refractivity contribution in [3.05, 3.63) is 57.9 Å². The number of nitrogens with zero attached hydrogens (tertiary/aromatic N) is 1. The number of phenols is 2. The number of nitrogens with one attached hydrogen (secondary N) is 2. The highest BCUT2D eigenvalue weighted by Gasteiger charge is 2.09. The molecule has 0 spiro atoms. The van der Waals surface area contributed by atoms with Crippen molar-refractivity contribution in [3.63, 3.8) is 0 Å². The van der Waals surface area contributed by atoms with Gasteiger partial charge in [-0.05, 0) is 36.4 Å². The lowest BCUT2D eigenvalue weighted by atomic mass is 10.1. The molecule has 0 aliphatic heterocycles. The summed E-state index contributed by atoms with van der Waals surface area (Å²) in [5, 5.41) is 27.4. The second-order valence-electron chi connectivity index (χ2n) is 5.15. The van der Waals surface area contributed by atoms with Gasteiger partial charge in [0.15, 0.2) is 11.5 Å². The zero-order valence-electron chi connectivity index (χ0n) is 12.9. The van der Waals surface area contributed by atoms with E-state index in [0.717, 1.165) is 0 Å². The molecule has 0 saturated carbocycles. The SMILES string of the molecule is O=C(NCc1nc(-c2ccc(O)c(O)c2)cs1)Nc1cccc(Cl)c1. The molecule has 8 heteroatoms. The van der Waals surface area contributed by atoms with Crippen LogP contribution in [0.4, 0.5) is 10.5 Å². The molecule has 128 valence electrons. The van der Waals surface area contributed by atoms with Crippen molar-refractivity contribution in [1.29, 1.82) is 0 Å². The van der Waals surface area contributed by atoms with Gasteiger partial charge in [-0.1, -0.05) is 17.7 Å². The zero-order valence-corrected chi connectivity index (χ0v) is 14.4. The highest BCUT2D eigenvalue weighted by atomic mass is 35.5. The van der Waals surface area contributed by atoms with Crippen molar-refractivity contribution >= 4 is 34.7 Å². The van der Waals surface area contributed by atoms with Crippen LogP contribution in [-0.2, 0) is 6.54 Å². The van der Waals surface area contributed by atoms with Crippen LogP contribution in [0.15, 0.2) is 47.8 Å². The number of hydrogen-bond donors (Lipinski definition) is 4. The number of carbonyl (C=O) groups is 1. The third-order valence-electron chi connectivity index (χ3n) is 3.31. The molecule has 0 unspecified atom stereocenters. The summed E-state index contributed by atoms with van der Waals surface area (Å²) in [5.74, 6) is -0.385. The third kappa shape index (κ3) is 4.40. The summed E-state index contributed by atoms with van der Waals surface area (Å²) in [6.45, 7) is 0.265. The summed E-state index contributed by atoms with van der Waals surface area (Å²) in [6, 6.07) is 11.0. The molecule has 0 bridgehead atoms. The van der Waals surface area contributed by atoms with Crippen LogP contribution in [0.1, 0.15) is 5.01 Å². The van der Waals surface area contributed by atoms with E-state index in [2.05, 4.69) is 15.6 Å². The van der Waals surface area contributed by atoms with Gasteiger partial charge in [-0.15, -0.1) is 11.3 Å². The fourth-order valence-electron chi connectivity index (χ4n) is 2.10. The van der Waals surface area contributed by atoms with E-state index in [1.165, 1.54) is 23.5 Å². The Morgan fingerprint density at radius 1 is 1.16 bits per heavy atom. The van der Waals surface area contributed by atoms with Gasteiger partial charge >= 0.3 is 6.03 Å². The molecule has 0 fully saturated rings. The van der Waals surface area contributed by atoms with Gasteiger partial charge in [-0.2, -0.15) is 0 Å². The number of benzene rings is 2. The van der Waals surface area contributed by atoms with E-state index in [9.17, 15) is 15.0 Å². The normalized spacial score (nSPS) is 10.4. The van der Waals surface area contributed by atoms with Gasteiger partial charge in [-0.3, -0.25) is 0 Å². The van der Waals surface area contributed by atoms with Crippen molar-refractivity contribution in [2.24, 2.45) is 0 Å². The largest absolute Gasteiger partial charge is 0.504 e. The molecular formula is C17H14ClN3O3S. The van der Waals surface area contributed by atoms with Crippen LogP contribution < -0.4 is 10.6 Å². The number of anilines is 1. The van der Waals surface area contributed by atoms with E-state index < -0.39 is 0 Å². The number of aromatic hydroxyl groups is 2. The first-order valence-electron chi connectivity index (χ1n) is 7.28. The molecule has 2 aromatic carbocycles. The van der Waals surface area contributed by atoms with Crippen molar-refractivity contribution < 1.29 is 15.0 Å². The fourth-order valence-corrected chi connectivity index (χ4v) is 3.04. The van der Waals surface area contributed by atoms with E-state index >= 15 is 0 Å². The highest BCUT2D eigenvalue weighted by molar-refractivity contribution is 7.09. The lowest BCUT2D eigenvalue weighted by Gasteiger charge is -2.06. The molecule has 2 amide bonds. The van der Waals surface area contributed by atoms with Gasteiger partial charge in [0, 0.05) is 21.7 Å². The molecule has 1 aromatic heterocycles. The van der Waals surface area contributed by atoms with E-state index in [1.54, 1.807) is 30.3 Å². The first-order chi connectivity index (χ1) is 12.0. The molecule has 6 nitrogen and oxygen atoms in total. The Balaban J connectivity index is 1.59. The Bertz CT molecular complexity index is 914. The van der Waals surface area contributed by atoms with Gasteiger partial charge in [0.2, 0.25) is 0 Å². The average Bonchev–Trinajstić information content (AvgIpc) is 3.04. The monoisotopic (exact) mass is 375 g/mol. The predicted molar refractivity (Wildman–Crippen MR) is 98.2 cm³/mol. The van der Waals surface area contributed by atoms with Crippen LogP contribution in [0.2, 0.25) is 5.02 Å². The summed E-state index contributed by atoms with van der Waals surface area (Å²) in [7, 11) is 0. The average molecular weight is 376 g/mol. The first kappa shape index (κ1) is 17.1. The number of halogens is 1. The molecule has 0 aliphatic carbocycles. The highest BCUT2D eigenvalue weighted by Crippen LogP contribution is 2.31. The van der Waals surface area contributed by atoms with Crippen LogP contribution in [-0.4, -0.2) is 21.2 Å². The maximum Gasteiger partial charge on any atom is 0.319 e. The molecule has 0 radical (unpaired) electrons. The summed E-state index contributed by atoms with van der Waals surface area (Å²) in [5.41, 5.74) is 1.94. The number of rotatable bonds is 4. The Morgan fingerprint density at radius 3 is 2.76 bits per heavy atom. The maximum absolute atomic E-state index is 11.9. The Hall–Kier alpha value is -2.77. The molecule has 1 heterocycles. The van der Waals surface area contributed by atoms with Crippen LogP contribution in [0, 0.1) is 0 Å². The second-order valence-corrected chi connectivity index (χ2v) is 6.53. The van der Waals surface area contributed by atoms with Gasteiger partial charge in [0.05, 0.1) is 12.2 Å². The number of thiazole rings is 1. The minimum Gasteiger partial charge on any atom is -0.504 e. The Morgan fingerprint density at radius 2 is 2.00 bits per heavy atom. The zero-order chi connectivity index (χ0) is 17.8. The molecule has 4 N–H and O–H groups in total. The Labute approximate surface area is 152 Å². The van der Waals surface area contributed by atoms with Gasteiger partial charge < -0.3 is 20.8 Å². The van der Waals surface area contributed by atoms with Crippen LogP contribution in [0.25, 0.3) is 11.3 Å². The summed E-state index contributed by atoms with van der Waals surface area (Å²) in [4.78, 5) is 16.3. The predicted octanol–water partition coefficient (Wildman–Crippen LogP) is 4.20. The molecule has 3 rings (SSSR count). The van der Waals surface area contributed by atoms with Crippen molar-refractivity contribution in [2.45, 2.75) is 6.54 Å². The molecule has 0 atom stereocenters. The van der Waals surface area contributed by atoms with Crippen molar-refractivity contribution in [2.75, 3.05) is 5.32 Å². The minimum atomic E-state index is -0.360. The minimum absolute atomic E-state index is 0.182. The van der Waals surface area contributed by atoms with E-state index in [4.69, 9.17) is 11.6 Å². The van der Waals surface area contributed by atoms with E-state index in [-0.39, 0.29) is 24.1 Å². The standard InChI is InChI=1S/C17H14ClN3O3S/c18-11-2-1-3-12(7-11)20-17(24)19-8-16-21-13(9-25-16)10-4-5-14(22)15(23)6-10/h1-7,9,22-23H,8H2,(H2,19,20,24). The molecule has 0 aliphatic rings. The summed E-state index contributed by atoms with van der Waals surface area (Å²) < 4.78 is 0. The van der Waals surface area contributed by atoms with Gasteiger partial charge in [0.25, 0.3) is 0 Å². The molecule has 0 saturated heterocycles.